The lowest BCUT2D eigenvalue weighted by molar-refractivity contribution is 0.416. The number of nitrogens with zero attached hydrogens (tertiary/aromatic N) is 2. The predicted molar refractivity (Wildman–Crippen MR) is 56.3 cm³/mol. The summed E-state index contributed by atoms with van der Waals surface area (Å²) >= 11 is 1.53. The first-order chi connectivity index (χ1) is 6.81. The van der Waals surface area contributed by atoms with E-state index in [0.29, 0.717) is 11.4 Å². The summed E-state index contributed by atoms with van der Waals surface area (Å²) in [6.07, 6.45) is 3.36. The van der Waals surface area contributed by atoms with Gasteiger partial charge in [-0.25, -0.2) is 0 Å². The lowest BCUT2D eigenvalue weighted by Crippen LogP contribution is -1.94. The van der Waals surface area contributed by atoms with Crippen LogP contribution in [0.15, 0.2) is 24.0 Å². The molecule has 0 aliphatic rings. The lowest BCUT2D eigenvalue weighted by Gasteiger charge is -2.04. The number of pyridine rings is 1. The molecule has 0 saturated carbocycles. The average Bonchev–Trinajstić information content (AvgIpc) is 2.71. The number of methoxy groups -OCH3 is 1. The van der Waals surface area contributed by atoms with Gasteiger partial charge < -0.3 is 10.5 Å². The number of nitrogens with two attached hydrogens (primary N) is 1. The summed E-state index contributed by atoms with van der Waals surface area (Å²) in [6, 6.07) is 1.81. The third-order valence-electron chi connectivity index (χ3n) is 1.80. The van der Waals surface area contributed by atoms with Crippen molar-refractivity contribution in [3.63, 3.8) is 0 Å². The first-order valence-electron chi connectivity index (χ1n) is 3.99. The SMILES string of the molecule is COc1cc(-c2cncs2)ncc1N. The normalized spacial score (nSPS) is 10.1. The molecule has 0 aromatic carbocycles. The van der Waals surface area contributed by atoms with Crippen LogP contribution in [0.1, 0.15) is 0 Å². The van der Waals surface area contributed by atoms with Crippen LogP contribution < -0.4 is 10.5 Å². The molecular formula is C9H9N3OS. The Hall–Kier alpha value is -1.62. The summed E-state index contributed by atoms with van der Waals surface area (Å²) in [5.74, 6) is 0.642. The maximum Gasteiger partial charge on any atom is 0.145 e. The molecule has 0 atom stereocenters. The van der Waals surface area contributed by atoms with E-state index >= 15 is 0 Å². The number of nitrogen functional groups attached to an aromatic ring is 1. The van der Waals surface area contributed by atoms with Crippen molar-refractivity contribution in [2.45, 2.75) is 0 Å². The monoisotopic (exact) mass is 207 g/mol. The van der Waals surface area contributed by atoms with E-state index in [-0.39, 0.29) is 0 Å². The van der Waals surface area contributed by atoms with Crippen LogP contribution >= 0.6 is 11.3 Å². The molecule has 2 N–H and O–H groups in total. The number of anilines is 1. The Morgan fingerprint density at radius 1 is 1.43 bits per heavy atom. The number of aromatic nitrogens is 2. The molecule has 0 saturated heterocycles. The standard InChI is InChI=1S/C9H9N3OS/c1-13-8-2-7(12-3-6(8)10)9-4-11-5-14-9/h2-5H,10H2,1H3. The number of hydrogen-bond donors (Lipinski definition) is 1. The van der Waals surface area contributed by atoms with Crippen molar-refractivity contribution in [1.82, 2.24) is 9.97 Å². The number of hydrogen-bond acceptors (Lipinski definition) is 5. The third-order valence-corrected chi connectivity index (χ3v) is 2.60. The topological polar surface area (TPSA) is 61.0 Å². The molecule has 0 fully saturated rings. The van der Waals surface area contributed by atoms with E-state index in [1.54, 1.807) is 25.0 Å². The van der Waals surface area contributed by atoms with Crippen LogP contribution in [0.2, 0.25) is 0 Å². The van der Waals surface area contributed by atoms with Gasteiger partial charge in [-0.05, 0) is 0 Å². The fourth-order valence-electron chi connectivity index (χ4n) is 1.10. The van der Waals surface area contributed by atoms with Crippen LogP contribution in [0.3, 0.4) is 0 Å². The highest BCUT2D eigenvalue weighted by Crippen LogP contribution is 2.27. The van der Waals surface area contributed by atoms with Gasteiger partial charge in [-0.2, -0.15) is 0 Å². The van der Waals surface area contributed by atoms with E-state index in [9.17, 15) is 0 Å². The maximum atomic E-state index is 5.65. The highest BCUT2D eigenvalue weighted by molar-refractivity contribution is 7.13. The Bertz CT molecular complexity index is 428. The molecule has 0 bridgehead atoms. The van der Waals surface area contributed by atoms with Crippen LogP contribution in [0, 0.1) is 0 Å². The van der Waals surface area contributed by atoms with Crippen molar-refractivity contribution in [3.8, 4) is 16.3 Å². The molecule has 2 heterocycles. The molecule has 0 spiro atoms. The van der Waals surface area contributed by atoms with Crippen molar-refractivity contribution in [3.05, 3.63) is 24.0 Å². The maximum absolute atomic E-state index is 5.65. The van der Waals surface area contributed by atoms with Gasteiger partial charge in [-0.3, -0.25) is 9.97 Å². The zero-order valence-electron chi connectivity index (χ0n) is 7.60. The Labute approximate surface area is 85.4 Å². The van der Waals surface area contributed by atoms with Crippen LogP contribution in [-0.4, -0.2) is 17.1 Å². The lowest BCUT2D eigenvalue weighted by atomic mass is 10.3. The minimum atomic E-state index is 0.542. The highest BCUT2D eigenvalue weighted by Gasteiger charge is 2.05. The summed E-state index contributed by atoms with van der Waals surface area (Å²) in [4.78, 5) is 9.18. The second-order valence-electron chi connectivity index (χ2n) is 2.68. The summed E-state index contributed by atoms with van der Waals surface area (Å²) in [5, 5.41) is 0. The van der Waals surface area contributed by atoms with Gasteiger partial charge >= 0.3 is 0 Å². The predicted octanol–water partition coefficient (Wildman–Crippen LogP) is 1.80. The van der Waals surface area contributed by atoms with Crippen LogP contribution in [0.5, 0.6) is 5.75 Å². The molecule has 0 aliphatic heterocycles. The summed E-state index contributed by atoms with van der Waals surface area (Å²) in [7, 11) is 1.59. The Kier molecular flexibility index (Phi) is 2.32. The molecule has 14 heavy (non-hydrogen) atoms. The van der Waals surface area contributed by atoms with Gasteiger partial charge in [-0.15, -0.1) is 11.3 Å². The van der Waals surface area contributed by atoms with Gasteiger partial charge in [-0.1, -0.05) is 0 Å². The number of ether oxygens (including phenoxy) is 1. The number of thiazole rings is 1. The Morgan fingerprint density at radius 3 is 2.93 bits per heavy atom. The second kappa shape index (κ2) is 3.63. The zero-order valence-corrected chi connectivity index (χ0v) is 8.41. The molecule has 0 amide bonds. The van der Waals surface area contributed by atoms with Crippen LogP contribution in [0.4, 0.5) is 5.69 Å². The van der Waals surface area contributed by atoms with E-state index in [0.717, 1.165) is 10.6 Å². The third kappa shape index (κ3) is 1.54. The first-order valence-corrected chi connectivity index (χ1v) is 4.87. The van der Waals surface area contributed by atoms with E-state index in [1.165, 1.54) is 11.3 Å². The fourth-order valence-corrected chi connectivity index (χ4v) is 1.69. The zero-order chi connectivity index (χ0) is 9.97. The van der Waals surface area contributed by atoms with Crippen LogP contribution in [-0.2, 0) is 0 Å². The van der Waals surface area contributed by atoms with Gasteiger partial charge in [0.05, 0.1) is 35.1 Å². The second-order valence-corrected chi connectivity index (χ2v) is 3.56. The van der Waals surface area contributed by atoms with Crippen LogP contribution in [0.25, 0.3) is 10.6 Å². The van der Waals surface area contributed by atoms with Crippen molar-refractivity contribution in [2.24, 2.45) is 0 Å². The molecule has 0 aliphatic carbocycles. The van der Waals surface area contributed by atoms with Crippen molar-refractivity contribution in [2.75, 3.05) is 12.8 Å². The summed E-state index contributed by atoms with van der Waals surface area (Å²) in [5.41, 5.74) is 8.79. The van der Waals surface area contributed by atoms with E-state index < -0.39 is 0 Å². The van der Waals surface area contributed by atoms with Gasteiger partial charge in [0.25, 0.3) is 0 Å². The average molecular weight is 207 g/mol. The van der Waals surface area contributed by atoms with E-state index in [1.807, 2.05) is 6.07 Å². The van der Waals surface area contributed by atoms with Crippen molar-refractivity contribution < 1.29 is 4.74 Å². The van der Waals surface area contributed by atoms with Gasteiger partial charge in [0, 0.05) is 12.3 Å². The molecule has 0 unspecified atom stereocenters. The number of rotatable bonds is 2. The molecule has 4 nitrogen and oxygen atoms in total. The minimum Gasteiger partial charge on any atom is -0.494 e. The Morgan fingerprint density at radius 2 is 2.29 bits per heavy atom. The van der Waals surface area contributed by atoms with E-state index in [2.05, 4.69) is 9.97 Å². The fraction of sp³-hybridized carbons (Fsp3) is 0.111. The molecular weight excluding hydrogens is 198 g/mol. The molecule has 5 heteroatoms. The molecule has 72 valence electrons. The summed E-state index contributed by atoms with van der Waals surface area (Å²) < 4.78 is 5.10. The van der Waals surface area contributed by atoms with Gasteiger partial charge in [0.1, 0.15) is 5.75 Å². The van der Waals surface area contributed by atoms with Crippen molar-refractivity contribution in [1.29, 1.82) is 0 Å². The smallest absolute Gasteiger partial charge is 0.145 e. The molecule has 2 aromatic rings. The van der Waals surface area contributed by atoms with Gasteiger partial charge in [0.15, 0.2) is 0 Å². The molecule has 2 aromatic heterocycles. The van der Waals surface area contributed by atoms with Gasteiger partial charge in [0.2, 0.25) is 0 Å². The van der Waals surface area contributed by atoms with Crippen molar-refractivity contribution >= 4 is 17.0 Å². The summed E-state index contributed by atoms with van der Waals surface area (Å²) in [6.45, 7) is 0. The molecule has 0 radical (unpaired) electrons. The largest absolute Gasteiger partial charge is 0.494 e. The Balaban J connectivity index is 2.46. The van der Waals surface area contributed by atoms with E-state index in [4.69, 9.17) is 10.5 Å². The first kappa shape index (κ1) is 8.96. The highest BCUT2D eigenvalue weighted by atomic mass is 32.1. The quantitative estimate of drug-likeness (QED) is 0.815. The molecule has 2 rings (SSSR count). The minimum absolute atomic E-state index is 0.542.